The minimum absolute atomic E-state index is 0.00551. The third-order valence-electron chi connectivity index (χ3n) is 5.11. The SMILES string of the molecule is CCc1nc(CN2CCN(C(=O)CN3C(=O)CSc4ccccc43)CC2)cs1. The molecule has 1 fully saturated rings. The number of piperazine rings is 1. The molecule has 0 unspecified atom stereocenters. The summed E-state index contributed by atoms with van der Waals surface area (Å²) >= 11 is 3.26. The summed E-state index contributed by atoms with van der Waals surface area (Å²) in [7, 11) is 0. The van der Waals surface area contributed by atoms with Crippen molar-refractivity contribution in [1.29, 1.82) is 0 Å². The molecule has 148 valence electrons. The van der Waals surface area contributed by atoms with Crippen LogP contribution >= 0.6 is 23.1 Å². The molecular weight excluding hydrogens is 392 g/mol. The molecule has 2 aromatic rings. The van der Waals surface area contributed by atoms with Crippen molar-refractivity contribution < 1.29 is 9.59 Å². The first kappa shape index (κ1) is 19.4. The first-order valence-corrected chi connectivity index (χ1v) is 11.5. The highest BCUT2D eigenvalue weighted by molar-refractivity contribution is 8.00. The van der Waals surface area contributed by atoms with Crippen LogP contribution in [0.1, 0.15) is 17.6 Å². The van der Waals surface area contributed by atoms with Crippen LogP contribution in [0.5, 0.6) is 0 Å². The van der Waals surface area contributed by atoms with Crippen molar-refractivity contribution in [3.63, 3.8) is 0 Å². The van der Waals surface area contributed by atoms with Gasteiger partial charge in [-0.15, -0.1) is 23.1 Å². The second-order valence-corrected chi connectivity index (χ2v) is 8.94. The molecule has 0 aliphatic carbocycles. The Morgan fingerprint density at radius 3 is 2.71 bits per heavy atom. The molecule has 0 bridgehead atoms. The average molecular weight is 417 g/mol. The average Bonchev–Trinajstić information content (AvgIpc) is 3.18. The molecule has 1 aromatic carbocycles. The Labute approximate surface area is 173 Å². The van der Waals surface area contributed by atoms with Crippen LogP contribution in [0.4, 0.5) is 5.69 Å². The van der Waals surface area contributed by atoms with Gasteiger partial charge in [0.1, 0.15) is 6.54 Å². The highest BCUT2D eigenvalue weighted by atomic mass is 32.2. The topological polar surface area (TPSA) is 56.8 Å². The summed E-state index contributed by atoms with van der Waals surface area (Å²) in [6.45, 7) is 6.16. The summed E-state index contributed by atoms with van der Waals surface area (Å²) < 4.78 is 0. The number of thiazole rings is 1. The lowest BCUT2D eigenvalue weighted by Crippen LogP contribution is -2.52. The smallest absolute Gasteiger partial charge is 0.242 e. The number of benzene rings is 1. The largest absolute Gasteiger partial charge is 0.339 e. The molecule has 0 spiro atoms. The van der Waals surface area contributed by atoms with Crippen LogP contribution in [0.2, 0.25) is 0 Å². The Kier molecular flexibility index (Phi) is 5.99. The summed E-state index contributed by atoms with van der Waals surface area (Å²) in [5.41, 5.74) is 1.97. The number of carbonyl (C=O) groups is 2. The van der Waals surface area contributed by atoms with E-state index in [-0.39, 0.29) is 18.4 Å². The number of amides is 2. The van der Waals surface area contributed by atoms with Crippen molar-refractivity contribution in [3.8, 4) is 0 Å². The van der Waals surface area contributed by atoms with Gasteiger partial charge in [0, 0.05) is 43.0 Å². The number of aromatic nitrogens is 1. The molecular formula is C20H24N4O2S2. The lowest BCUT2D eigenvalue weighted by Gasteiger charge is -2.36. The third-order valence-corrected chi connectivity index (χ3v) is 7.20. The van der Waals surface area contributed by atoms with E-state index >= 15 is 0 Å². The van der Waals surface area contributed by atoms with Gasteiger partial charge in [-0.2, -0.15) is 0 Å². The van der Waals surface area contributed by atoms with Crippen molar-refractivity contribution in [2.45, 2.75) is 24.8 Å². The normalized spacial score (nSPS) is 17.7. The first-order chi connectivity index (χ1) is 13.6. The highest BCUT2D eigenvalue weighted by Crippen LogP contribution is 2.34. The molecule has 4 rings (SSSR count). The summed E-state index contributed by atoms with van der Waals surface area (Å²) in [4.78, 5) is 36.8. The number of anilines is 1. The van der Waals surface area contributed by atoms with Crippen molar-refractivity contribution >= 4 is 40.6 Å². The second kappa shape index (κ2) is 8.63. The predicted molar refractivity (Wildman–Crippen MR) is 113 cm³/mol. The van der Waals surface area contributed by atoms with E-state index in [0.29, 0.717) is 18.8 Å². The van der Waals surface area contributed by atoms with Crippen molar-refractivity contribution in [2.24, 2.45) is 0 Å². The standard InChI is InChI=1S/C20H24N4O2S2/c1-2-18-21-15(13-28-18)11-22-7-9-23(10-8-22)19(25)12-24-16-5-3-4-6-17(16)27-14-20(24)26/h3-6,13H,2,7-12,14H2,1H3. The first-order valence-electron chi connectivity index (χ1n) is 9.59. The van der Waals surface area contributed by atoms with E-state index in [1.54, 1.807) is 16.2 Å². The Morgan fingerprint density at radius 1 is 1.18 bits per heavy atom. The van der Waals surface area contributed by atoms with Crippen molar-refractivity contribution in [3.05, 3.63) is 40.3 Å². The number of hydrogen-bond donors (Lipinski definition) is 0. The van der Waals surface area contributed by atoms with Gasteiger partial charge in [-0.1, -0.05) is 19.1 Å². The maximum atomic E-state index is 12.8. The van der Waals surface area contributed by atoms with Gasteiger partial charge in [0.25, 0.3) is 0 Å². The Morgan fingerprint density at radius 2 is 1.96 bits per heavy atom. The van der Waals surface area contributed by atoms with Gasteiger partial charge in [0.2, 0.25) is 11.8 Å². The fourth-order valence-electron chi connectivity index (χ4n) is 3.53. The minimum Gasteiger partial charge on any atom is -0.339 e. The zero-order chi connectivity index (χ0) is 19.5. The molecule has 2 aliphatic rings. The van der Waals surface area contributed by atoms with Crippen LogP contribution in [0.3, 0.4) is 0 Å². The van der Waals surface area contributed by atoms with Crippen molar-refractivity contribution in [2.75, 3.05) is 43.4 Å². The molecule has 0 N–H and O–H groups in total. The molecule has 0 saturated carbocycles. The molecule has 1 saturated heterocycles. The maximum Gasteiger partial charge on any atom is 0.242 e. The van der Waals surface area contributed by atoms with E-state index in [1.165, 1.54) is 16.8 Å². The van der Waals surface area contributed by atoms with Gasteiger partial charge in [0.05, 0.1) is 22.1 Å². The third kappa shape index (κ3) is 4.24. The number of para-hydroxylation sites is 1. The number of carbonyl (C=O) groups excluding carboxylic acids is 2. The van der Waals surface area contributed by atoms with Gasteiger partial charge >= 0.3 is 0 Å². The van der Waals surface area contributed by atoms with Gasteiger partial charge in [-0.3, -0.25) is 14.5 Å². The van der Waals surface area contributed by atoms with E-state index < -0.39 is 0 Å². The van der Waals surface area contributed by atoms with Gasteiger partial charge in [0.15, 0.2) is 0 Å². The molecule has 28 heavy (non-hydrogen) atoms. The number of nitrogens with zero attached hydrogens (tertiary/aromatic N) is 4. The van der Waals surface area contributed by atoms with Gasteiger partial charge in [-0.25, -0.2) is 4.98 Å². The van der Waals surface area contributed by atoms with E-state index in [4.69, 9.17) is 0 Å². The monoisotopic (exact) mass is 416 g/mol. The van der Waals surface area contributed by atoms with Gasteiger partial charge in [-0.05, 0) is 18.6 Å². The van der Waals surface area contributed by atoms with E-state index in [1.807, 2.05) is 29.2 Å². The van der Waals surface area contributed by atoms with Crippen molar-refractivity contribution in [1.82, 2.24) is 14.8 Å². The Bertz CT molecular complexity index is 861. The predicted octanol–water partition coefficient (Wildman–Crippen LogP) is 2.49. The zero-order valence-corrected chi connectivity index (χ0v) is 17.6. The van der Waals surface area contributed by atoms with E-state index in [2.05, 4.69) is 22.2 Å². The van der Waals surface area contributed by atoms with Crippen LogP contribution in [-0.4, -0.2) is 65.1 Å². The fourth-order valence-corrected chi connectivity index (χ4v) is 5.20. The number of aryl methyl sites for hydroxylation is 1. The van der Waals surface area contributed by atoms with E-state index in [9.17, 15) is 9.59 Å². The second-order valence-electron chi connectivity index (χ2n) is 6.98. The maximum absolute atomic E-state index is 12.8. The summed E-state index contributed by atoms with van der Waals surface area (Å²) in [5, 5.41) is 3.31. The highest BCUT2D eigenvalue weighted by Gasteiger charge is 2.29. The Balaban J connectivity index is 1.32. The molecule has 0 radical (unpaired) electrons. The number of hydrogen-bond acceptors (Lipinski definition) is 6. The number of thioether (sulfide) groups is 1. The quantitative estimate of drug-likeness (QED) is 0.750. The fraction of sp³-hybridized carbons (Fsp3) is 0.450. The lowest BCUT2D eigenvalue weighted by atomic mass is 10.2. The zero-order valence-electron chi connectivity index (χ0n) is 16.0. The lowest BCUT2D eigenvalue weighted by molar-refractivity contribution is -0.132. The van der Waals surface area contributed by atoms with Crippen LogP contribution < -0.4 is 4.90 Å². The van der Waals surface area contributed by atoms with Crippen LogP contribution in [0, 0.1) is 0 Å². The van der Waals surface area contributed by atoms with Crippen LogP contribution in [-0.2, 0) is 22.6 Å². The minimum atomic E-state index is 0.00551. The van der Waals surface area contributed by atoms with E-state index in [0.717, 1.165) is 42.3 Å². The molecule has 2 amide bonds. The molecule has 3 heterocycles. The molecule has 1 aromatic heterocycles. The summed E-state index contributed by atoms with van der Waals surface area (Å²) in [6.07, 6.45) is 0.976. The summed E-state index contributed by atoms with van der Waals surface area (Å²) in [6, 6.07) is 7.80. The van der Waals surface area contributed by atoms with Crippen LogP contribution in [0.25, 0.3) is 0 Å². The number of rotatable bonds is 5. The molecule has 8 heteroatoms. The molecule has 2 aliphatic heterocycles. The van der Waals surface area contributed by atoms with Crippen LogP contribution in [0.15, 0.2) is 34.5 Å². The summed E-state index contributed by atoms with van der Waals surface area (Å²) in [5.74, 6) is 0.424. The molecule has 0 atom stereocenters. The molecule has 6 nitrogen and oxygen atoms in total. The Hall–Kier alpha value is -1.90. The van der Waals surface area contributed by atoms with Gasteiger partial charge < -0.3 is 9.80 Å². The number of fused-ring (bicyclic) bond motifs is 1.